The summed E-state index contributed by atoms with van der Waals surface area (Å²) in [5.74, 6) is -0.424. The van der Waals surface area contributed by atoms with Gasteiger partial charge in [0.2, 0.25) is 0 Å². The van der Waals surface area contributed by atoms with E-state index in [2.05, 4.69) is 4.98 Å². The molecule has 4 nitrogen and oxygen atoms in total. The molecule has 1 aromatic rings. The molecular weight excluding hydrogens is 194 g/mol. The maximum Gasteiger partial charge on any atom is 0.338 e. The summed E-state index contributed by atoms with van der Waals surface area (Å²) in [4.78, 5) is 25.6. The molecule has 0 saturated carbocycles. The van der Waals surface area contributed by atoms with Gasteiger partial charge in [0, 0.05) is 11.8 Å². The topological polar surface area (TPSA) is 59.2 Å². The number of hydrogen-bond acceptors (Lipinski definition) is 3. The minimum Gasteiger partial charge on any atom is -0.462 e. The van der Waals surface area contributed by atoms with Crippen LogP contribution in [-0.4, -0.2) is 17.6 Å². The van der Waals surface area contributed by atoms with Crippen LogP contribution in [-0.2, 0) is 11.2 Å². The van der Waals surface area contributed by atoms with Crippen LogP contribution in [0.25, 0.3) is 0 Å². The zero-order chi connectivity index (χ0) is 11.3. The molecule has 0 spiro atoms. The molecule has 1 heterocycles. The first kappa shape index (κ1) is 11.5. The van der Waals surface area contributed by atoms with Gasteiger partial charge in [0.25, 0.3) is 5.56 Å². The largest absolute Gasteiger partial charge is 0.462 e. The molecule has 1 aromatic heterocycles. The third-order valence-electron chi connectivity index (χ3n) is 2.06. The number of nitrogens with one attached hydrogen (secondary N) is 1. The Kier molecular flexibility index (Phi) is 4.09. The molecule has 4 heteroatoms. The fourth-order valence-corrected chi connectivity index (χ4v) is 1.41. The first-order chi connectivity index (χ1) is 7.20. The standard InChI is InChI=1S/C11H15NO3/c1-3-5-8-9(11(14)15-4-2)6-7-12-10(8)13/h6-7H,3-5H2,1-2H3,(H,12,13). The van der Waals surface area contributed by atoms with E-state index >= 15 is 0 Å². The number of pyridine rings is 1. The first-order valence-electron chi connectivity index (χ1n) is 5.08. The lowest BCUT2D eigenvalue weighted by Gasteiger charge is -2.06. The Bertz CT molecular complexity index is 395. The lowest BCUT2D eigenvalue weighted by molar-refractivity contribution is 0.0524. The van der Waals surface area contributed by atoms with Gasteiger partial charge in [-0.1, -0.05) is 13.3 Å². The van der Waals surface area contributed by atoms with Gasteiger partial charge in [-0.3, -0.25) is 4.79 Å². The highest BCUT2D eigenvalue weighted by atomic mass is 16.5. The molecule has 1 N–H and O–H groups in total. The molecule has 15 heavy (non-hydrogen) atoms. The summed E-state index contributed by atoms with van der Waals surface area (Å²) in [7, 11) is 0. The highest BCUT2D eigenvalue weighted by molar-refractivity contribution is 5.90. The van der Waals surface area contributed by atoms with Crippen molar-refractivity contribution in [3.05, 3.63) is 33.7 Å². The molecule has 0 fully saturated rings. The van der Waals surface area contributed by atoms with Gasteiger partial charge in [-0.25, -0.2) is 4.79 Å². The third kappa shape index (κ3) is 2.68. The zero-order valence-electron chi connectivity index (χ0n) is 9.00. The summed E-state index contributed by atoms with van der Waals surface area (Å²) in [6, 6.07) is 1.59. The molecule has 0 saturated heterocycles. The Morgan fingerprint density at radius 3 is 2.80 bits per heavy atom. The second-order valence-corrected chi connectivity index (χ2v) is 3.17. The highest BCUT2D eigenvalue weighted by Gasteiger charge is 2.14. The number of rotatable bonds is 4. The normalized spacial score (nSPS) is 10.0. The van der Waals surface area contributed by atoms with Crippen LogP contribution in [0.3, 0.4) is 0 Å². The van der Waals surface area contributed by atoms with Gasteiger partial charge in [-0.05, 0) is 19.4 Å². The van der Waals surface area contributed by atoms with Crippen LogP contribution in [0.5, 0.6) is 0 Å². The van der Waals surface area contributed by atoms with Crippen molar-refractivity contribution < 1.29 is 9.53 Å². The Morgan fingerprint density at radius 1 is 1.47 bits per heavy atom. The number of ether oxygens (including phenoxy) is 1. The summed E-state index contributed by atoms with van der Waals surface area (Å²) in [5.41, 5.74) is 0.684. The number of carbonyl (C=O) groups excluding carboxylic acids is 1. The maximum atomic E-state index is 11.5. The van der Waals surface area contributed by atoms with Crippen LogP contribution in [0.15, 0.2) is 17.1 Å². The van der Waals surface area contributed by atoms with Crippen molar-refractivity contribution in [3.8, 4) is 0 Å². The molecule has 0 aliphatic carbocycles. The predicted molar refractivity (Wildman–Crippen MR) is 57.0 cm³/mol. The minimum atomic E-state index is -0.424. The van der Waals surface area contributed by atoms with Crippen LogP contribution in [0.1, 0.15) is 36.2 Å². The highest BCUT2D eigenvalue weighted by Crippen LogP contribution is 2.07. The van der Waals surface area contributed by atoms with Crippen LogP contribution in [0.4, 0.5) is 0 Å². The van der Waals surface area contributed by atoms with Crippen molar-refractivity contribution in [2.24, 2.45) is 0 Å². The third-order valence-corrected chi connectivity index (χ3v) is 2.06. The number of esters is 1. The van der Waals surface area contributed by atoms with Crippen molar-refractivity contribution in [2.45, 2.75) is 26.7 Å². The van der Waals surface area contributed by atoms with Crippen LogP contribution in [0.2, 0.25) is 0 Å². The van der Waals surface area contributed by atoms with E-state index in [1.807, 2.05) is 6.92 Å². The first-order valence-corrected chi connectivity index (χ1v) is 5.08. The van der Waals surface area contributed by atoms with E-state index in [-0.39, 0.29) is 5.56 Å². The molecule has 0 radical (unpaired) electrons. The number of aromatic nitrogens is 1. The average Bonchev–Trinajstić information content (AvgIpc) is 2.21. The average molecular weight is 209 g/mol. The lowest BCUT2D eigenvalue weighted by atomic mass is 10.1. The predicted octanol–water partition coefficient (Wildman–Crippen LogP) is 1.50. The minimum absolute atomic E-state index is 0.206. The van der Waals surface area contributed by atoms with E-state index in [1.165, 1.54) is 6.20 Å². The lowest BCUT2D eigenvalue weighted by Crippen LogP contribution is -2.19. The zero-order valence-corrected chi connectivity index (χ0v) is 9.00. The summed E-state index contributed by atoms with van der Waals surface area (Å²) in [5, 5.41) is 0. The second kappa shape index (κ2) is 5.34. The number of aromatic amines is 1. The monoisotopic (exact) mass is 209 g/mol. The van der Waals surface area contributed by atoms with Crippen LogP contribution >= 0.6 is 0 Å². The summed E-state index contributed by atoms with van der Waals surface area (Å²) in [6.07, 6.45) is 2.87. The van der Waals surface area contributed by atoms with E-state index in [0.29, 0.717) is 24.2 Å². The van der Waals surface area contributed by atoms with Crippen molar-refractivity contribution in [3.63, 3.8) is 0 Å². The number of hydrogen-bond donors (Lipinski definition) is 1. The van der Waals surface area contributed by atoms with Crippen LogP contribution in [0, 0.1) is 0 Å². The van der Waals surface area contributed by atoms with Crippen molar-refractivity contribution in [2.75, 3.05) is 6.61 Å². The molecule has 82 valence electrons. The molecule has 0 atom stereocenters. The summed E-state index contributed by atoms with van der Waals surface area (Å²) >= 11 is 0. The van der Waals surface area contributed by atoms with Gasteiger partial charge in [0.15, 0.2) is 0 Å². The van der Waals surface area contributed by atoms with Gasteiger partial charge in [0.1, 0.15) is 0 Å². The smallest absolute Gasteiger partial charge is 0.338 e. The second-order valence-electron chi connectivity index (χ2n) is 3.17. The molecule has 0 bridgehead atoms. The maximum absolute atomic E-state index is 11.5. The Labute approximate surface area is 88.3 Å². The summed E-state index contributed by atoms with van der Waals surface area (Å²) in [6.45, 7) is 4.02. The van der Waals surface area contributed by atoms with Gasteiger partial charge < -0.3 is 9.72 Å². The van der Waals surface area contributed by atoms with Gasteiger partial charge in [-0.2, -0.15) is 0 Å². The van der Waals surface area contributed by atoms with Gasteiger partial charge >= 0.3 is 5.97 Å². The van der Waals surface area contributed by atoms with E-state index < -0.39 is 5.97 Å². The van der Waals surface area contributed by atoms with Crippen molar-refractivity contribution >= 4 is 5.97 Å². The molecule has 1 rings (SSSR count). The van der Waals surface area contributed by atoms with Crippen molar-refractivity contribution in [1.29, 1.82) is 0 Å². The van der Waals surface area contributed by atoms with Crippen LogP contribution < -0.4 is 5.56 Å². The molecule has 0 unspecified atom stereocenters. The quantitative estimate of drug-likeness (QED) is 0.764. The SMILES string of the molecule is CCCc1c(C(=O)OCC)cc[nH]c1=O. The summed E-state index contributed by atoms with van der Waals surface area (Å²) < 4.78 is 4.88. The van der Waals surface area contributed by atoms with E-state index in [9.17, 15) is 9.59 Å². The Morgan fingerprint density at radius 2 is 2.20 bits per heavy atom. The number of H-pyrrole nitrogens is 1. The van der Waals surface area contributed by atoms with Gasteiger partial charge in [-0.15, -0.1) is 0 Å². The van der Waals surface area contributed by atoms with E-state index in [0.717, 1.165) is 6.42 Å². The van der Waals surface area contributed by atoms with Gasteiger partial charge in [0.05, 0.1) is 12.2 Å². The Hall–Kier alpha value is -1.58. The van der Waals surface area contributed by atoms with E-state index in [4.69, 9.17) is 4.74 Å². The fraction of sp³-hybridized carbons (Fsp3) is 0.455. The Balaban J connectivity index is 3.10. The molecular formula is C11H15NO3. The van der Waals surface area contributed by atoms with E-state index in [1.54, 1.807) is 13.0 Å². The number of carbonyl (C=O) groups is 1. The molecule has 0 amide bonds. The fourth-order valence-electron chi connectivity index (χ4n) is 1.41. The molecule has 0 aromatic carbocycles. The molecule has 0 aliphatic rings. The van der Waals surface area contributed by atoms with Crippen molar-refractivity contribution in [1.82, 2.24) is 4.98 Å². The molecule has 0 aliphatic heterocycles.